The Morgan fingerprint density at radius 2 is 1.82 bits per heavy atom. The molecule has 1 aromatic carbocycles. The van der Waals surface area contributed by atoms with Crippen LogP contribution in [-0.4, -0.2) is 85.4 Å². The number of epoxide rings is 1. The number of rotatable bonds is 6. The Balaban J connectivity index is 1.52. The van der Waals surface area contributed by atoms with E-state index in [1.54, 1.807) is 19.9 Å². The van der Waals surface area contributed by atoms with Gasteiger partial charge in [-0.15, -0.1) is 11.6 Å². The maximum absolute atomic E-state index is 14.2. The molecule has 5 aliphatic carbocycles. The highest BCUT2D eigenvalue weighted by atomic mass is 35.5. The molecule has 12 heteroatoms. The number of Topliss-reactive ketones (excluding diaryl/α,β-unsaturated/α-hetero) is 2. The summed E-state index contributed by atoms with van der Waals surface area (Å²) in [6.07, 6.45) is 0.315. The lowest BCUT2D eigenvalue weighted by Gasteiger charge is -2.59. The smallest absolute Gasteiger partial charge is 0.346 e. The second-order valence-corrected chi connectivity index (χ2v) is 13.6. The van der Waals surface area contributed by atoms with Crippen LogP contribution in [0.3, 0.4) is 0 Å². The lowest BCUT2D eigenvalue weighted by molar-refractivity contribution is -0.188. The number of aliphatic hydroxyl groups is 2. The zero-order chi connectivity index (χ0) is 32.4. The summed E-state index contributed by atoms with van der Waals surface area (Å²) in [5.74, 6) is -4.97. The molecule has 6 aliphatic rings. The summed E-state index contributed by atoms with van der Waals surface area (Å²) in [6.45, 7) is 6.84. The van der Waals surface area contributed by atoms with Crippen LogP contribution in [0, 0.1) is 17.8 Å². The minimum atomic E-state index is -2.77. The van der Waals surface area contributed by atoms with E-state index < -0.39 is 92.2 Å². The van der Waals surface area contributed by atoms with Crippen molar-refractivity contribution < 1.29 is 53.8 Å². The van der Waals surface area contributed by atoms with Gasteiger partial charge < -0.3 is 34.6 Å². The zero-order valence-corrected chi connectivity index (χ0v) is 25.5. The quantitative estimate of drug-likeness (QED) is 0.119. The second-order valence-electron chi connectivity index (χ2n) is 13.1. The first-order valence-electron chi connectivity index (χ1n) is 14.2. The number of aryl methyl sites for hydroxylation is 1. The van der Waals surface area contributed by atoms with Crippen molar-refractivity contribution in [2.75, 3.05) is 7.11 Å². The first-order chi connectivity index (χ1) is 20.4. The minimum Gasteiger partial charge on any atom is -0.507 e. The third-order valence-corrected chi connectivity index (χ3v) is 10.9. The fourth-order valence-electron chi connectivity index (χ4n) is 7.96. The molecule has 4 N–H and O–H groups in total. The number of ketones is 2. The van der Waals surface area contributed by atoms with Crippen LogP contribution in [0.1, 0.15) is 56.0 Å². The fourth-order valence-corrected chi connectivity index (χ4v) is 8.33. The van der Waals surface area contributed by atoms with E-state index in [4.69, 9.17) is 25.8 Å². The number of methoxy groups -OCH3 is 1. The number of alkyl halides is 1. The van der Waals surface area contributed by atoms with Gasteiger partial charge in [-0.2, -0.15) is 0 Å². The molecule has 0 spiro atoms. The van der Waals surface area contributed by atoms with Gasteiger partial charge in [0, 0.05) is 23.8 Å². The standard InChI is InChI=1S/C32H33ClO11/c1-14(2)6-7-30-23(43-25(38)22-18(34)8-15(3)9-19(22)35)16(10-20(36)24(30)44-30)17-11-28(4)13-29(27(40)42-5)12-21(37)32(28,33)31(17,41)26(29)39/h6,8-11,20,23-24,34-36,41H,7,12-13H2,1-5H3/t20-,23+,24-,28-,29+,30+,31-,32-/m0/s1. The van der Waals surface area contributed by atoms with E-state index in [9.17, 15) is 39.6 Å². The number of carbonyl (C=O) groups excluding carboxylic acids is 4. The molecule has 0 radical (unpaired) electrons. The summed E-state index contributed by atoms with van der Waals surface area (Å²) < 4.78 is 16.9. The average molecular weight is 629 g/mol. The Labute approximate surface area is 257 Å². The Bertz CT molecular complexity index is 1630. The predicted molar refractivity (Wildman–Crippen MR) is 153 cm³/mol. The summed E-state index contributed by atoms with van der Waals surface area (Å²) in [6, 6.07) is 2.54. The van der Waals surface area contributed by atoms with Crippen molar-refractivity contribution in [2.24, 2.45) is 10.8 Å². The first kappa shape index (κ1) is 30.5. The highest BCUT2D eigenvalue weighted by Crippen LogP contribution is 2.72. The molecule has 7 rings (SSSR count). The number of hydrogen-bond donors (Lipinski definition) is 4. The Morgan fingerprint density at radius 1 is 1.18 bits per heavy atom. The zero-order valence-electron chi connectivity index (χ0n) is 24.8. The molecule has 3 saturated carbocycles. The van der Waals surface area contributed by atoms with Gasteiger partial charge in [0.1, 0.15) is 40.3 Å². The van der Waals surface area contributed by atoms with Crippen LogP contribution in [0.2, 0.25) is 0 Å². The van der Waals surface area contributed by atoms with Crippen LogP contribution in [0.5, 0.6) is 11.5 Å². The highest BCUT2D eigenvalue weighted by molar-refractivity contribution is 6.44. The topological polar surface area (TPSA) is 180 Å². The number of fused-ring (bicyclic) bond motifs is 2. The number of esters is 2. The highest BCUT2D eigenvalue weighted by Gasteiger charge is 2.85. The summed E-state index contributed by atoms with van der Waals surface area (Å²) in [7, 11) is 1.08. The monoisotopic (exact) mass is 628 g/mol. The molecule has 1 saturated heterocycles. The number of allylic oxidation sites excluding steroid dienone is 2. The first-order valence-corrected chi connectivity index (χ1v) is 14.6. The molecule has 11 nitrogen and oxygen atoms in total. The van der Waals surface area contributed by atoms with Gasteiger partial charge in [-0.3, -0.25) is 14.4 Å². The summed E-state index contributed by atoms with van der Waals surface area (Å²) in [5, 5.41) is 44.6. The second kappa shape index (κ2) is 9.26. The molecule has 44 heavy (non-hydrogen) atoms. The predicted octanol–water partition coefficient (Wildman–Crippen LogP) is 2.49. The van der Waals surface area contributed by atoms with Gasteiger partial charge in [-0.25, -0.2) is 4.79 Å². The van der Waals surface area contributed by atoms with E-state index in [-0.39, 0.29) is 24.0 Å². The number of phenols is 2. The van der Waals surface area contributed by atoms with Crippen molar-refractivity contribution in [3.63, 3.8) is 0 Å². The maximum Gasteiger partial charge on any atom is 0.346 e. The van der Waals surface area contributed by atoms with Crippen molar-refractivity contribution in [1.82, 2.24) is 0 Å². The number of ether oxygens (including phenoxy) is 3. The molecule has 1 aromatic rings. The van der Waals surface area contributed by atoms with Crippen molar-refractivity contribution in [1.29, 1.82) is 0 Å². The molecule has 0 unspecified atom stereocenters. The van der Waals surface area contributed by atoms with E-state index >= 15 is 0 Å². The number of aromatic hydroxyl groups is 2. The molecule has 234 valence electrons. The van der Waals surface area contributed by atoms with Crippen molar-refractivity contribution in [3.05, 3.63) is 58.2 Å². The van der Waals surface area contributed by atoms with E-state index in [2.05, 4.69) is 0 Å². The van der Waals surface area contributed by atoms with Gasteiger partial charge in [0.25, 0.3) is 0 Å². The van der Waals surface area contributed by atoms with Crippen LogP contribution in [-0.2, 0) is 28.6 Å². The number of carbonyl (C=O) groups is 4. The lowest BCUT2D eigenvalue weighted by atomic mass is 9.46. The van der Waals surface area contributed by atoms with E-state index in [0.29, 0.717) is 5.56 Å². The Kier molecular flexibility index (Phi) is 6.42. The van der Waals surface area contributed by atoms with Gasteiger partial charge in [-0.05, 0) is 56.5 Å². The Hall–Kier alpha value is -3.51. The molecule has 4 fully saturated rings. The number of halogens is 1. The van der Waals surface area contributed by atoms with Crippen molar-refractivity contribution >= 4 is 35.1 Å². The van der Waals surface area contributed by atoms with E-state index in [0.717, 1.165) is 12.7 Å². The molecule has 0 amide bonds. The molecular formula is C32H33ClO11. The van der Waals surface area contributed by atoms with Gasteiger partial charge in [0.15, 0.2) is 28.1 Å². The minimum absolute atomic E-state index is 0.0483. The molecular weight excluding hydrogens is 596 g/mol. The van der Waals surface area contributed by atoms with Gasteiger partial charge in [0.05, 0.1) is 7.11 Å². The number of benzene rings is 1. The normalized spacial score (nSPS) is 39.7. The van der Waals surface area contributed by atoms with Crippen LogP contribution >= 0.6 is 11.6 Å². The molecule has 1 aliphatic heterocycles. The fraction of sp³-hybridized carbons (Fsp3) is 0.500. The average Bonchev–Trinajstić information content (AvgIpc) is 3.66. The van der Waals surface area contributed by atoms with Crippen LogP contribution < -0.4 is 0 Å². The van der Waals surface area contributed by atoms with Gasteiger partial charge in [-0.1, -0.05) is 24.6 Å². The van der Waals surface area contributed by atoms with E-state index in [1.165, 1.54) is 24.3 Å². The molecule has 4 bridgehead atoms. The van der Waals surface area contributed by atoms with Crippen LogP contribution in [0.15, 0.2) is 47.1 Å². The van der Waals surface area contributed by atoms with Gasteiger partial charge in [0.2, 0.25) is 0 Å². The summed E-state index contributed by atoms with van der Waals surface area (Å²) >= 11 is 7.01. The third-order valence-electron chi connectivity index (χ3n) is 9.96. The van der Waals surface area contributed by atoms with E-state index in [1.807, 2.05) is 13.8 Å². The van der Waals surface area contributed by atoms with Crippen molar-refractivity contribution in [3.8, 4) is 11.5 Å². The summed E-state index contributed by atoms with van der Waals surface area (Å²) in [5.41, 5.74) is -7.00. The summed E-state index contributed by atoms with van der Waals surface area (Å²) in [4.78, 5) is 52.4. The maximum atomic E-state index is 14.2. The molecule has 1 heterocycles. The number of phenolic OH excluding ortho intramolecular Hbond substituents is 2. The van der Waals surface area contributed by atoms with Crippen molar-refractivity contribution in [2.45, 2.75) is 81.3 Å². The van der Waals surface area contributed by atoms with Crippen LogP contribution in [0.4, 0.5) is 0 Å². The SMILES string of the molecule is COC(=O)[C@@]12CC(=O)[C@@]3(Cl)[C@@](O)(C1=O)C(C1=C[C@H](O)[C@@H]4O[C@]4(CC=C(C)C)[C@@H]1OC(=O)c1c(O)cc(C)cc1O)=C[C@@]3(C)C2. The Morgan fingerprint density at radius 3 is 2.41 bits per heavy atom. The molecule has 0 aromatic heterocycles. The van der Waals surface area contributed by atoms with Gasteiger partial charge >= 0.3 is 11.9 Å². The third kappa shape index (κ3) is 3.55. The largest absolute Gasteiger partial charge is 0.507 e. The number of hydrogen-bond acceptors (Lipinski definition) is 11. The number of aliphatic hydroxyl groups excluding tert-OH is 1. The van der Waals surface area contributed by atoms with Crippen LogP contribution in [0.25, 0.3) is 0 Å². The lowest BCUT2D eigenvalue weighted by Crippen LogP contribution is -2.78. The molecule has 8 atom stereocenters.